The Hall–Kier alpha value is -1.68. The van der Waals surface area contributed by atoms with E-state index >= 15 is 0 Å². The lowest BCUT2D eigenvalue weighted by atomic mass is 9.77. The highest BCUT2D eigenvalue weighted by Crippen LogP contribution is 2.38. The van der Waals surface area contributed by atoms with Gasteiger partial charge >= 0.3 is 5.97 Å². The van der Waals surface area contributed by atoms with E-state index in [2.05, 4.69) is 11.4 Å². The van der Waals surface area contributed by atoms with E-state index in [1.807, 2.05) is 40.7 Å². The molecule has 1 aromatic rings. The molecule has 0 aliphatic carbocycles. The van der Waals surface area contributed by atoms with E-state index in [9.17, 15) is 9.59 Å². The van der Waals surface area contributed by atoms with Crippen molar-refractivity contribution in [2.24, 2.45) is 0 Å². The monoisotopic (exact) mass is 319 g/mol. The fourth-order valence-electron chi connectivity index (χ4n) is 3.17. The maximum atomic E-state index is 12.3. The number of carbonyl (C=O) groups excluding carboxylic acids is 2. The molecule has 1 aromatic carbocycles. The summed E-state index contributed by atoms with van der Waals surface area (Å²) in [6.07, 6.45) is 0.407. The first-order valence-electron chi connectivity index (χ1n) is 8.14. The first kappa shape index (κ1) is 19.4. The van der Waals surface area contributed by atoms with Gasteiger partial charge in [0.05, 0.1) is 0 Å². The summed E-state index contributed by atoms with van der Waals surface area (Å²) in [4.78, 5) is 23.9. The Morgan fingerprint density at radius 3 is 2.39 bits per heavy atom. The molecule has 0 saturated carbocycles. The average molecular weight is 319 g/mol. The van der Waals surface area contributed by atoms with E-state index in [1.54, 1.807) is 13.8 Å². The quantitative estimate of drug-likeness (QED) is 0.617. The Morgan fingerprint density at radius 1 is 1.26 bits per heavy atom. The highest BCUT2D eigenvalue weighted by Gasteiger charge is 2.29. The largest absolute Gasteiger partial charge is 0.425 e. The van der Waals surface area contributed by atoms with Crippen molar-refractivity contribution in [3.8, 4) is 5.75 Å². The van der Waals surface area contributed by atoms with Crippen molar-refractivity contribution >= 4 is 11.8 Å². The number of Topliss-reactive ketones (excluding diaryl/α,β-unsaturated/α-hetero) is 1. The van der Waals surface area contributed by atoms with E-state index in [4.69, 9.17) is 4.74 Å². The standard InChI is InChI=1S/C19H29NO3/c1-8-20-15(5)18(22)23-16-10-12(2)9-13(3)17(16)19(6,7)11-14(4)21/h9-10,15,20H,8,11H2,1-7H3. The number of rotatable bonds is 7. The first-order valence-corrected chi connectivity index (χ1v) is 8.14. The van der Waals surface area contributed by atoms with Crippen molar-refractivity contribution in [2.45, 2.75) is 66.3 Å². The zero-order chi connectivity index (χ0) is 17.8. The number of likely N-dealkylation sites (N-methyl/N-ethyl adjacent to an activating group) is 1. The Bertz CT molecular complexity index is 591. The van der Waals surface area contributed by atoms with Crippen molar-refractivity contribution in [3.05, 3.63) is 28.8 Å². The number of hydrogen-bond acceptors (Lipinski definition) is 4. The lowest BCUT2D eigenvalue weighted by Gasteiger charge is -2.29. The van der Waals surface area contributed by atoms with Gasteiger partial charge in [0, 0.05) is 17.4 Å². The number of hydrogen-bond donors (Lipinski definition) is 1. The van der Waals surface area contributed by atoms with Gasteiger partial charge in [-0.15, -0.1) is 0 Å². The molecule has 23 heavy (non-hydrogen) atoms. The van der Waals surface area contributed by atoms with Gasteiger partial charge < -0.3 is 10.1 Å². The molecule has 0 aliphatic rings. The maximum Gasteiger partial charge on any atom is 0.328 e. The molecule has 1 unspecified atom stereocenters. The zero-order valence-corrected chi connectivity index (χ0v) is 15.4. The third-order valence-electron chi connectivity index (χ3n) is 3.89. The molecule has 0 fully saturated rings. The van der Waals surface area contributed by atoms with Crippen LogP contribution in [0.15, 0.2) is 12.1 Å². The second kappa shape index (κ2) is 7.73. The van der Waals surface area contributed by atoms with Gasteiger partial charge in [0.2, 0.25) is 0 Å². The van der Waals surface area contributed by atoms with E-state index in [-0.39, 0.29) is 23.2 Å². The Kier molecular flexibility index (Phi) is 6.51. The molecule has 0 spiro atoms. The summed E-state index contributed by atoms with van der Waals surface area (Å²) < 4.78 is 5.68. The summed E-state index contributed by atoms with van der Waals surface area (Å²) in [7, 11) is 0. The van der Waals surface area contributed by atoms with Crippen LogP contribution in [0.3, 0.4) is 0 Å². The van der Waals surface area contributed by atoms with Crippen molar-refractivity contribution in [1.29, 1.82) is 0 Å². The van der Waals surface area contributed by atoms with Gasteiger partial charge in [-0.1, -0.05) is 26.8 Å². The summed E-state index contributed by atoms with van der Waals surface area (Å²) in [5.74, 6) is 0.369. The molecule has 0 amide bonds. The lowest BCUT2D eigenvalue weighted by Crippen LogP contribution is -2.37. The lowest BCUT2D eigenvalue weighted by molar-refractivity contribution is -0.136. The number of benzene rings is 1. The smallest absolute Gasteiger partial charge is 0.328 e. The van der Waals surface area contributed by atoms with E-state index < -0.39 is 0 Å². The van der Waals surface area contributed by atoms with Crippen molar-refractivity contribution < 1.29 is 14.3 Å². The summed E-state index contributed by atoms with van der Waals surface area (Å²) in [6.45, 7) is 14.0. The summed E-state index contributed by atoms with van der Waals surface area (Å²) in [5, 5.41) is 3.06. The van der Waals surface area contributed by atoms with Gasteiger partial charge in [-0.2, -0.15) is 0 Å². The minimum atomic E-state index is -0.388. The molecule has 4 heteroatoms. The molecule has 1 N–H and O–H groups in total. The van der Waals surface area contributed by atoms with Crippen LogP contribution in [0.1, 0.15) is 57.7 Å². The van der Waals surface area contributed by atoms with Crippen LogP contribution in [0.25, 0.3) is 0 Å². The van der Waals surface area contributed by atoms with Crippen LogP contribution in [0.4, 0.5) is 0 Å². The van der Waals surface area contributed by atoms with Crippen LogP contribution < -0.4 is 10.1 Å². The van der Waals surface area contributed by atoms with Gasteiger partial charge in [-0.25, -0.2) is 4.79 Å². The molecule has 0 bridgehead atoms. The molecule has 0 aromatic heterocycles. The molecule has 1 atom stereocenters. The second-order valence-electron chi connectivity index (χ2n) is 6.92. The fraction of sp³-hybridized carbons (Fsp3) is 0.579. The summed E-state index contributed by atoms with van der Waals surface area (Å²) in [6, 6.07) is 3.56. The fourth-order valence-corrected chi connectivity index (χ4v) is 3.17. The van der Waals surface area contributed by atoms with Crippen LogP contribution in [0, 0.1) is 13.8 Å². The average Bonchev–Trinajstić information content (AvgIpc) is 2.35. The molecule has 0 saturated heterocycles. The molecular weight excluding hydrogens is 290 g/mol. The van der Waals surface area contributed by atoms with Gasteiger partial charge in [0.25, 0.3) is 0 Å². The van der Waals surface area contributed by atoms with E-state index in [0.717, 1.165) is 16.7 Å². The Morgan fingerprint density at radius 2 is 1.87 bits per heavy atom. The number of esters is 1. The number of aryl methyl sites for hydroxylation is 2. The van der Waals surface area contributed by atoms with Crippen molar-refractivity contribution in [1.82, 2.24) is 5.32 Å². The van der Waals surface area contributed by atoms with Crippen LogP contribution in [-0.4, -0.2) is 24.3 Å². The highest BCUT2D eigenvalue weighted by molar-refractivity contribution is 5.79. The van der Waals surface area contributed by atoms with Crippen molar-refractivity contribution in [3.63, 3.8) is 0 Å². The second-order valence-corrected chi connectivity index (χ2v) is 6.92. The number of ether oxygens (including phenoxy) is 1. The summed E-state index contributed by atoms with van der Waals surface area (Å²) in [5.41, 5.74) is 2.61. The van der Waals surface area contributed by atoms with Gasteiger partial charge in [0.1, 0.15) is 17.6 Å². The molecular formula is C19H29NO3. The van der Waals surface area contributed by atoms with Gasteiger partial charge in [-0.05, 0) is 51.4 Å². The van der Waals surface area contributed by atoms with Crippen molar-refractivity contribution in [2.75, 3.05) is 6.54 Å². The SMILES string of the molecule is CCNC(C)C(=O)Oc1cc(C)cc(C)c1C(C)(C)CC(C)=O. The molecule has 0 aliphatic heterocycles. The highest BCUT2D eigenvalue weighted by atomic mass is 16.5. The van der Waals surface area contributed by atoms with Gasteiger partial charge in [0.15, 0.2) is 0 Å². The number of ketones is 1. The van der Waals surface area contributed by atoms with E-state index in [0.29, 0.717) is 18.7 Å². The van der Waals surface area contributed by atoms with E-state index in [1.165, 1.54) is 0 Å². The molecule has 0 radical (unpaired) electrons. The third kappa shape index (κ3) is 5.17. The molecule has 0 heterocycles. The van der Waals surface area contributed by atoms with Crippen LogP contribution in [-0.2, 0) is 15.0 Å². The number of carbonyl (C=O) groups is 2. The third-order valence-corrected chi connectivity index (χ3v) is 3.89. The normalized spacial score (nSPS) is 12.8. The minimum absolute atomic E-state index is 0.119. The van der Waals surface area contributed by atoms with Crippen LogP contribution in [0.5, 0.6) is 5.75 Å². The van der Waals surface area contributed by atoms with Gasteiger partial charge in [-0.3, -0.25) is 4.79 Å². The number of nitrogens with one attached hydrogen (secondary N) is 1. The molecule has 128 valence electrons. The Labute approximate surface area is 139 Å². The molecule has 1 rings (SSSR count). The minimum Gasteiger partial charge on any atom is -0.425 e. The van der Waals surface area contributed by atoms with Crippen LogP contribution >= 0.6 is 0 Å². The maximum absolute atomic E-state index is 12.3. The predicted octanol–water partition coefficient (Wildman–Crippen LogP) is 3.46. The first-order chi connectivity index (χ1) is 10.6. The Balaban J connectivity index is 3.26. The zero-order valence-electron chi connectivity index (χ0n) is 15.4. The topological polar surface area (TPSA) is 55.4 Å². The molecule has 4 nitrogen and oxygen atoms in total. The van der Waals surface area contributed by atoms with Crippen LogP contribution in [0.2, 0.25) is 0 Å². The predicted molar refractivity (Wildman–Crippen MR) is 93.0 cm³/mol. The summed E-state index contributed by atoms with van der Waals surface area (Å²) >= 11 is 0.